The van der Waals surface area contributed by atoms with Crippen LogP contribution in [0.3, 0.4) is 0 Å². The second-order valence-corrected chi connectivity index (χ2v) is 9.49. The van der Waals surface area contributed by atoms with Gasteiger partial charge < -0.3 is 14.2 Å². The van der Waals surface area contributed by atoms with E-state index >= 15 is 0 Å². The third-order valence-corrected chi connectivity index (χ3v) is 6.03. The van der Waals surface area contributed by atoms with Crippen molar-refractivity contribution in [1.82, 2.24) is 0 Å². The van der Waals surface area contributed by atoms with Crippen molar-refractivity contribution < 1.29 is 19.0 Å². The first-order chi connectivity index (χ1) is 14.1. The summed E-state index contributed by atoms with van der Waals surface area (Å²) < 4.78 is 17.4. The van der Waals surface area contributed by atoms with E-state index in [1.165, 1.54) is 5.56 Å². The monoisotopic (exact) mass is 438 g/mol. The Morgan fingerprint density at radius 3 is 1.68 bits per heavy atom. The Kier molecular flexibility index (Phi) is 10.6. The fourth-order valence-corrected chi connectivity index (χ4v) is 4.69. The molecule has 0 amide bonds. The van der Waals surface area contributed by atoms with Gasteiger partial charge in [-0.2, -0.15) is 0 Å². The van der Waals surface area contributed by atoms with E-state index in [-0.39, 0.29) is 38.4 Å². The summed E-state index contributed by atoms with van der Waals surface area (Å²) in [5.41, 5.74) is 4.19. The zero-order valence-corrected chi connectivity index (χ0v) is 20.6. The zero-order chi connectivity index (χ0) is 22.5. The van der Waals surface area contributed by atoms with Crippen molar-refractivity contribution in [3.63, 3.8) is 0 Å². The molecule has 0 aromatic heterocycles. The second kappa shape index (κ2) is 12.0. The molecule has 0 aliphatic carbocycles. The fourth-order valence-electron chi connectivity index (χ4n) is 3.41. The normalized spacial score (nSPS) is 11.4. The Bertz CT molecular complexity index is 853. The average molecular weight is 438 g/mol. The summed E-state index contributed by atoms with van der Waals surface area (Å²) >= 11 is 0. The summed E-state index contributed by atoms with van der Waals surface area (Å²) in [7, 11) is -0.0968. The van der Waals surface area contributed by atoms with Crippen molar-refractivity contribution in [3.8, 4) is 17.2 Å². The number of hydrogen-bond donors (Lipinski definition) is 0. The molecule has 2 rings (SSSR count). The van der Waals surface area contributed by atoms with Crippen LogP contribution in [-0.4, -0.2) is 44.2 Å². The van der Waals surface area contributed by atoms with E-state index in [0.29, 0.717) is 37.1 Å². The van der Waals surface area contributed by atoms with Crippen LogP contribution in [0.25, 0.3) is 0 Å². The predicted molar refractivity (Wildman–Crippen MR) is 134 cm³/mol. The Morgan fingerprint density at radius 1 is 0.839 bits per heavy atom. The molecule has 1 atom stereocenters. The van der Waals surface area contributed by atoms with Crippen LogP contribution in [0.15, 0.2) is 24.3 Å². The number of carbonyl (C=O) groups excluding carboxylic acids is 1. The molecule has 0 heterocycles. The third-order valence-electron chi connectivity index (χ3n) is 4.81. The van der Waals surface area contributed by atoms with Gasteiger partial charge >= 0.3 is 18.9 Å². The SMILES string of the molecule is CCOc1cc(OCC)c(PC(=O)c2c(C)cc(C(C)(C)C)cc2C)c(OCC)c1.[LiH]. The van der Waals surface area contributed by atoms with Crippen LogP contribution in [0.2, 0.25) is 0 Å². The number of rotatable bonds is 9. The number of hydrogen-bond acceptors (Lipinski definition) is 4. The average Bonchev–Trinajstić information content (AvgIpc) is 2.63. The second-order valence-electron chi connectivity index (χ2n) is 8.28. The molecule has 0 saturated heterocycles. The van der Waals surface area contributed by atoms with E-state index in [1.807, 2.05) is 46.8 Å². The summed E-state index contributed by atoms with van der Waals surface area (Å²) in [6, 6.07) is 7.98. The van der Waals surface area contributed by atoms with E-state index in [1.54, 1.807) is 0 Å². The van der Waals surface area contributed by atoms with Gasteiger partial charge in [0, 0.05) is 17.7 Å². The van der Waals surface area contributed by atoms with Crippen LogP contribution < -0.4 is 19.5 Å². The van der Waals surface area contributed by atoms with E-state index in [0.717, 1.165) is 22.0 Å². The van der Waals surface area contributed by atoms with Crippen molar-refractivity contribution >= 4 is 38.3 Å². The number of aryl methyl sites for hydroxylation is 2. The molecule has 0 aliphatic rings. The van der Waals surface area contributed by atoms with Gasteiger partial charge in [0.1, 0.15) is 17.2 Å². The molecule has 2 aromatic rings. The van der Waals surface area contributed by atoms with Crippen molar-refractivity contribution in [2.45, 2.75) is 60.8 Å². The number of carbonyl (C=O) groups is 1. The molecule has 0 aliphatic heterocycles. The van der Waals surface area contributed by atoms with Crippen LogP contribution in [0.4, 0.5) is 0 Å². The van der Waals surface area contributed by atoms with Crippen LogP contribution in [0.1, 0.15) is 68.6 Å². The van der Waals surface area contributed by atoms with Gasteiger partial charge in [0.2, 0.25) is 0 Å². The molecule has 0 fully saturated rings. The first-order valence-corrected chi connectivity index (χ1v) is 11.6. The quantitative estimate of drug-likeness (QED) is 0.394. The van der Waals surface area contributed by atoms with Gasteiger partial charge in [-0.25, -0.2) is 0 Å². The van der Waals surface area contributed by atoms with Gasteiger partial charge in [0.15, 0.2) is 5.52 Å². The molecule has 166 valence electrons. The first kappa shape index (κ1) is 27.6. The number of benzene rings is 2. The molecule has 6 heteroatoms. The third kappa shape index (κ3) is 7.01. The van der Waals surface area contributed by atoms with Crippen LogP contribution >= 0.6 is 8.58 Å². The van der Waals surface area contributed by atoms with Gasteiger partial charge in [-0.3, -0.25) is 4.79 Å². The summed E-state index contributed by atoms with van der Waals surface area (Å²) in [6.07, 6.45) is 0. The van der Waals surface area contributed by atoms with Crippen LogP contribution in [0, 0.1) is 13.8 Å². The van der Waals surface area contributed by atoms with Gasteiger partial charge in [0.05, 0.1) is 25.1 Å². The van der Waals surface area contributed by atoms with E-state index in [4.69, 9.17) is 14.2 Å². The zero-order valence-electron chi connectivity index (χ0n) is 19.6. The minimum atomic E-state index is -0.0968. The van der Waals surface area contributed by atoms with E-state index < -0.39 is 0 Å². The molecule has 0 radical (unpaired) electrons. The Labute approximate surface area is 201 Å². The summed E-state index contributed by atoms with van der Waals surface area (Å²) in [4.78, 5) is 13.4. The number of ether oxygens (including phenoxy) is 3. The Hall–Kier alpha value is -1.46. The van der Waals surface area contributed by atoms with Gasteiger partial charge in [-0.15, -0.1) is 0 Å². The van der Waals surface area contributed by atoms with Gasteiger partial charge in [-0.05, 0) is 65.3 Å². The summed E-state index contributed by atoms with van der Waals surface area (Å²) in [6.45, 7) is 18.0. The predicted octanol–water partition coefficient (Wildman–Crippen LogP) is 5.29. The molecule has 0 bridgehead atoms. The Morgan fingerprint density at radius 2 is 1.29 bits per heavy atom. The van der Waals surface area contributed by atoms with E-state index in [9.17, 15) is 4.79 Å². The fraction of sp³-hybridized carbons (Fsp3) is 0.480. The van der Waals surface area contributed by atoms with Crippen LogP contribution in [0.5, 0.6) is 17.2 Å². The minimum absolute atomic E-state index is 0. The van der Waals surface area contributed by atoms with Crippen LogP contribution in [-0.2, 0) is 5.41 Å². The van der Waals surface area contributed by atoms with Gasteiger partial charge in [-0.1, -0.05) is 32.9 Å². The van der Waals surface area contributed by atoms with Crippen molar-refractivity contribution in [2.75, 3.05) is 19.8 Å². The molecule has 0 N–H and O–H groups in total. The Balaban J connectivity index is 0.00000480. The van der Waals surface area contributed by atoms with Crippen molar-refractivity contribution in [1.29, 1.82) is 0 Å². The first-order valence-electron chi connectivity index (χ1n) is 10.6. The van der Waals surface area contributed by atoms with Gasteiger partial charge in [0.25, 0.3) is 0 Å². The molecule has 0 saturated carbocycles. The standard InChI is InChI=1S/C25H35O4P.Li.H/c1-9-27-19-14-20(28-10-2)23(21(15-19)29-11-3)30-24(26)22-16(4)12-18(13-17(22)5)25(6,7)8;;/h12-15,30H,9-11H2,1-8H3;;. The molecule has 1 unspecified atom stereocenters. The molecular weight excluding hydrogens is 402 g/mol. The maximum atomic E-state index is 13.4. The van der Waals surface area contributed by atoms with E-state index in [2.05, 4.69) is 32.9 Å². The molecule has 31 heavy (non-hydrogen) atoms. The van der Waals surface area contributed by atoms with Crippen molar-refractivity contribution in [2.24, 2.45) is 0 Å². The molecular formula is C25H36LiO4P. The summed E-state index contributed by atoms with van der Waals surface area (Å²) in [5, 5.41) is 0.797. The molecule has 4 nitrogen and oxygen atoms in total. The maximum absolute atomic E-state index is 13.4. The molecule has 2 aromatic carbocycles. The van der Waals surface area contributed by atoms with Crippen molar-refractivity contribution in [3.05, 3.63) is 46.5 Å². The molecule has 0 spiro atoms. The summed E-state index contributed by atoms with van der Waals surface area (Å²) in [5.74, 6) is 1.99. The topological polar surface area (TPSA) is 44.8 Å².